The molecule has 0 aliphatic heterocycles. The second kappa shape index (κ2) is 9.80. The van der Waals surface area contributed by atoms with E-state index in [1.807, 2.05) is 13.8 Å². The lowest BCUT2D eigenvalue weighted by atomic mass is 10.0. The number of halogens is 2. The van der Waals surface area contributed by atoms with Crippen molar-refractivity contribution in [2.45, 2.75) is 29.6 Å². The van der Waals surface area contributed by atoms with Crippen molar-refractivity contribution >= 4 is 54.6 Å². The molecule has 0 saturated carbocycles. The van der Waals surface area contributed by atoms with Gasteiger partial charge >= 0.3 is 0 Å². The Morgan fingerprint density at radius 3 is 1.79 bits per heavy atom. The van der Waals surface area contributed by atoms with E-state index in [0.29, 0.717) is 5.75 Å². The van der Waals surface area contributed by atoms with E-state index in [1.54, 1.807) is 12.1 Å². The Balaban J connectivity index is 1.82. The Bertz CT molecular complexity index is 1350. The number of hydrogen-bond acceptors (Lipinski definition) is 5. The molecule has 3 rings (SSSR count). The zero-order chi connectivity index (χ0) is 24.4. The smallest absolute Gasteiger partial charge is 0.261 e. The Hall–Kier alpha value is -2.46. The lowest BCUT2D eigenvalue weighted by Gasteiger charge is -2.15. The van der Waals surface area contributed by atoms with E-state index in [4.69, 9.17) is 27.9 Å². The normalized spacial score (nSPS) is 11.9. The average Bonchev–Trinajstić information content (AvgIpc) is 2.72. The Labute approximate surface area is 203 Å². The van der Waals surface area contributed by atoms with Crippen molar-refractivity contribution in [2.24, 2.45) is 0 Å². The van der Waals surface area contributed by atoms with Crippen LogP contribution in [0.5, 0.6) is 5.75 Å². The lowest BCUT2D eigenvalue weighted by Crippen LogP contribution is -2.15. The number of nitrogens with one attached hydrogen (secondary N) is 2. The van der Waals surface area contributed by atoms with E-state index < -0.39 is 20.0 Å². The fourth-order valence-electron chi connectivity index (χ4n) is 3.07. The third-order valence-corrected chi connectivity index (χ3v) is 7.88. The van der Waals surface area contributed by atoms with Crippen LogP contribution in [0.15, 0.2) is 70.5 Å². The molecule has 0 bridgehead atoms. The first kappa shape index (κ1) is 25.2. The number of ether oxygens (including phenoxy) is 1. The number of benzene rings is 3. The third-order valence-electron chi connectivity index (χ3n) is 4.67. The molecule has 3 aromatic carbocycles. The molecule has 0 aliphatic rings. The summed E-state index contributed by atoms with van der Waals surface area (Å²) in [7, 11) is -6.31. The van der Waals surface area contributed by atoms with Gasteiger partial charge < -0.3 is 4.74 Å². The van der Waals surface area contributed by atoms with E-state index in [9.17, 15) is 16.8 Å². The number of sulfonamides is 2. The molecule has 0 saturated heterocycles. The van der Waals surface area contributed by atoms with Crippen LogP contribution in [-0.2, 0) is 20.0 Å². The maximum absolute atomic E-state index is 12.9. The molecule has 0 amide bonds. The molecular weight excluding hydrogens is 507 g/mol. The second-order valence-corrected chi connectivity index (χ2v) is 11.7. The van der Waals surface area contributed by atoms with Crippen LogP contribution in [0.3, 0.4) is 0 Å². The van der Waals surface area contributed by atoms with Gasteiger partial charge in [-0.3, -0.25) is 9.44 Å². The van der Waals surface area contributed by atoms with Crippen LogP contribution in [0.4, 0.5) is 11.4 Å². The summed E-state index contributed by atoms with van der Waals surface area (Å²) in [6.45, 7) is 3.87. The predicted molar refractivity (Wildman–Crippen MR) is 132 cm³/mol. The fraction of sp³-hybridized carbons (Fsp3) is 0.182. The van der Waals surface area contributed by atoms with Gasteiger partial charge in [0, 0.05) is 15.7 Å². The van der Waals surface area contributed by atoms with Gasteiger partial charge in [-0.1, -0.05) is 37.0 Å². The molecule has 0 heterocycles. The molecule has 2 N–H and O–H groups in total. The van der Waals surface area contributed by atoms with E-state index in [1.165, 1.54) is 55.6 Å². The first-order valence-corrected chi connectivity index (χ1v) is 13.4. The highest BCUT2D eigenvalue weighted by molar-refractivity contribution is 7.93. The molecule has 3 aromatic rings. The molecule has 11 heteroatoms. The van der Waals surface area contributed by atoms with Crippen molar-refractivity contribution in [3.8, 4) is 5.75 Å². The fourth-order valence-corrected chi connectivity index (χ4v) is 5.73. The molecule has 0 spiro atoms. The first-order valence-electron chi connectivity index (χ1n) is 9.71. The minimum Gasteiger partial charge on any atom is -0.496 e. The minimum absolute atomic E-state index is 0.0569. The molecule has 7 nitrogen and oxygen atoms in total. The highest BCUT2D eigenvalue weighted by Gasteiger charge is 2.19. The summed E-state index contributed by atoms with van der Waals surface area (Å²) in [6, 6.07) is 14.3. The summed E-state index contributed by atoms with van der Waals surface area (Å²) < 4.78 is 61.2. The van der Waals surface area contributed by atoms with Crippen molar-refractivity contribution in [3.63, 3.8) is 0 Å². The monoisotopic (exact) mass is 528 g/mol. The van der Waals surface area contributed by atoms with E-state index in [2.05, 4.69) is 9.44 Å². The summed E-state index contributed by atoms with van der Waals surface area (Å²) in [5, 5.41) is 0.563. The number of hydrogen-bond donors (Lipinski definition) is 2. The highest BCUT2D eigenvalue weighted by Crippen LogP contribution is 2.30. The Kier molecular flexibility index (Phi) is 7.48. The van der Waals surface area contributed by atoms with Crippen LogP contribution >= 0.6 is 23.2 Å². The van der Waals surface area contributed by atoms with E-state index in [-0.39, 0.29) is 37.1 Å². The van der Waals surface area contributed by atoms with Crippen LogP contribution in [0.25, 0.3) is 0 Å². The van der Waals surface area contributed by atoms with Crippen molar-refractivity contribution in [1.82, 2.24) is 0 Å². The topological polar surface area (TPSA) is 102 Å². The van der Waals surface area contributed by atoms with Gasteiger partial charge in [0.2, 0.25) is 0 Å². The van der Waals surface area contributed by atoms with Crippen LogP contribution in [0, 0.1) is 0 Å². The van der Waals surface area contributed by atoms with Gasteiger partial charge in [-0.25, -0.2) is 16.8 Å². The van der Waals surface area contributed by atoms with Crippen molar-refractivity contribution in [2.75, 3.05) is 16.6 Å². The molecule has 0 atom stereocenters. The van der Waals surface area contributed by atoms with E-state index >= 15 is 0 Å². The molecule has 0 fully saturated rings. The van der Waals surface area contributed by atoms with Gasteiger partial charge in [0.25, 0.3) is 20.0 Å². The summed E-state index contributed by atoms with van der Waals surface area (Å²) in [6.07, 6.45) is 0. The van der Waals surface area contributed by atoms with Crippen molar-refractivity contribution in [3.05, 3.63) is 76.3 Å². The molecular formula is C22H22Cl2N2O5S2. The maximum Gasteiger partial charge on any atom is 0.261 e. The zero-order valence-corrected chi connectivity index (χ0v) is 21.1. The van der Waals surface area contributed by atoms with Gasteiger partial charge in [-0.05, 0) is 72.1 Å². The molecule has 0 aromatic heterocycles. The van der Waals surface area contributed by atoms with Crippen LogP contribution < -0.4 is 14.2 Å². The van der Waals surface area contributed by atoms with Crippen molar-refractivity contribution < 1.29 is 21.6 Å². The van der Waals surface area contributed by atoms with Crippen LogP contribution in [0.1, 0.15) is 25.3 Å². The quantitative estimate of drug-likeness (QED) is 0.388. The Morgan fingerprint density at radius 2 is 1.24 bits per heavy atom. The standard InChI is InChI=1S/C22H22Cl2N2O5S2/c1-14(2)21-13-20(8-9-22(21)31-3)33(29,30)25-17-4-6-19(7-5-17)32(27,28)26-18-11-15(23)10-16(24)12-18/h4-14,25-26H,1-3H3. The molecule has 0 radical (unpaired) electrons. The minimum atomic E-state index is -3.94. The largest absolute Gasteiger partial charge is 0.496 e. The third kappa shape index (κ3) is 6.11. The summed E-state index contributed by atoms with van der Waals surface area (Å²) in [5.74, 6) is 0.661. The molecule has 33 heavy (non-hydrogen) atoms. The highest BCUT2D eigenvalue weighted by atomic mass is 35.5. The first-order chi connectivity index (χ1) is 15.4. The lowest BCUT2D eigenvalue weighted by molar-refractivity contribution is 0.407. The SMILES string of the molecule is COc1ccc(S(=O)(=O)Nc2ccc(S(=O)(=O)Nc3cc(Cl)cc(Cl)c3)cc2)cc1C(C)C. The van der Waals surface area contributed by atoms with Crippen molar-refractivity contribution in [1.29, 1.82) is 0 Å². The van der Waals surface area contributed by atoms with Crippen LogP contribution in [0.2, 0.25) is 10.0 Å². The van der Waals surface area contributed by atoms with Crippen LogP contribution in [-0.4, -0.2) is 23.9 Å². The van der Waals surface area contributed by atoms with E-state index in [0.717, 1.165) is 5.56 Å². The van der Waals surface area contributed by atoms with Gasteiger partial charge in [-0.15, -0.1) is 0 Å². The predicted octanol–water partition coefficient (Wildman–Crippen LogP) is 5.73. The van der Waals surface area contributed by atoms with Gasteiger partial charge in [0.1, 0.15) is 5.75 Å². The number of methoxy groups -OCH3 is 1. The summed E-state index contributed by atoms with van der Waals surface area (Å²) >= 11 is 11.8. The van der Waals surface area contributed by atoms with Gasteiger partial charge in [-0.2, -0.15) is 0 Å². The van der Waals surface area contributed by atoms with Gasteiger partial charge in [0.05, 0.1) is 22.6 Å². The van der Waals surface area contributed by atoms with Gasteiger partial charge in [0.15, 0.2) is 0 Å². The maximum atomic E-state index is 12.9. The molecule has 176 valence electrons. The zero-order valence-electron chi connectivity index (χ0n) is 18.0. The Morgan fingerprint density at radius 1 is 0.727 bits per heavy atom. The summed E-state index contributed by atoms with van der Waals surface area (Å²) in [5.41, 5.74) is 1.17. The second-order valence-electron chi connectivity index (χ2n) is 7.45. The number of rotatable bonds is 8. The number of anilines is 2. The average molecular weight is 529 g/mol. The molecule has 0 unspecified atom stereocenters. The summed E-state index contributed by atoms with van der Waals surface area (Å²) in [4.78, 5) is 0.0105. The molecule has 0 aliphatic carbocycles.